The largest absolute Gasteiger partial charge is 0.368 e. The molecule has 0 aliphatic heterocycles. The Labute approximate surface area is 119 Å². The van der Waals surface area contributed by atoms with Gasteiger partial charge in [0, 0.05) is 30.9 Å². The van der Waals surface area contributed by atoms with Crippen molar-refractivity contribution in [3.05, 3.63) is 36.3 Å². The van der Waals surface area contributed by atoms with E-state index in [4.69, 9.17) is 0 Å². The number of rotatable bonds is 6. The van der Waals surface area contributed by atoms with Gasteiger partial charge in [0.1, 0.15) is 5.82 Å². The molecule has 0 amide bonds. The van der Waals surface area contributed by atoms with Crippen molar-refractivity contribution in [3.63, 3.8) is 0 Å². The lowest BCUT2D eigenvalue weighted by Crippen LogP contribution is -2.22. The van der Waals surface area contributed by atoms with Crippen molar-refractivity contribution in [1.82, 2.24) is 20.0 Å². The molecule has 0 aromatic carbocycles. The molecule has 0 atom stereocenters. The van der Waals surface area contributed by atoms with Gasteiger partial charge in [-0.1, -0.05) is 13.8 Å². The second-order valence-electron chi connectivity index (χ2n) is 6.06. The van der Waals surface area contributed by atoms with Crippen LogP contribution in [-0.2, 0) is 6.54 Å². The highest BCUT2D eigenvalue weighted by Gasteiger charge is 2.42. The SMILES string of the molecule is CC(C)c1ccc(NCC2(Cn3cccn3)CC2)nn1. The molecule has 1 aliphatic carbocycles. The molecule has 1 fully saturated rings. The predicted molar refractivity (Wildman–Crippen MR) is 78.5 cm³/mol. The number of anilines is 1. The van der Waals surface area contributed by atoms with Crippen LogP contribution in [0.1, 0.15) is 38.3 Å². The Morgan fingerprint density at radius 1 is 1.30 bits per heavy atom. The second-order valence-corrected chi connectivity index (χ2v) is 6.06. The minimum atomic E-state index is 0.338. The number of hydrogen-bond donors (Lipinski definition) is 1. The van der Waals surface area contributed by atoms with E-state index in [1.54, 1.807) is 0 Å². The van der Waals surface area contributed by atoms with E-state index in [0.29, 0.717) is 11.3 Å². The Bertz CT molecular complexity index is 540. The lowest BCUT2D eigenvalue weighted by Gasteiger charge is -2.16. The third kappa shape index (κ3) is 2.98. The highest BCUT2D eigenvalue weighted by atomic mass is 15.3. The van der Waals surface area contributed by atoms with E-state index in [9.17, 15) is 0 Å². The lowest BCUT2D eigenvalue weighted by molar-refractivity contribution is 0.416. The predicted octanol–water partition coefficient (Wildman–Crippen LogP) is 2.69. The summed E-state index contributed by atoms with van der Waals surface area (Å²) in [5.74, 6) is 1.28. The molecule has 0 unspecified atom stereocenters. The van der Waals surface area contributed by atoms with Crippen LogP contribution in [0.15, 0.2) is 30.6 Å². The average Bonchev–Trinajstić information content (AvgIpc) is 3.01. The van der Waals surface area contributed by atoms with Gasteiger partial charge in [-0.3, -0.25) is 4.68 Å². The molecule has 1 aliphatic rings. The maximum Gasteiger partial charge on any atom is 0.148 e. The Morgan fingerprint density at radius 3 is 2.70 bits per heavy atom. The monoisotopic (exact) mass is 271 g/mol. The molecule has 1 N–H and O–H groups in total. The molecule has 0 spiro atoms. The number of nitrogens with one attached hydrogen (secondary N) is 1. The Hall–Kier alpha value is -1.91. The Kier molecular flexibility index (Phi) is 3.42. The van der Waals surface area contributed by atoms with Crippen molar-refractivity contribution in [3.8, 4) is 0 Å². The fourth-order valence-electron chi connectivity index (χ4n) is 2.33. The van der Waals surface area contributed by atoms with E-state index in [1.807, 2.05) is 35.3 Å². The molecule has 1 saturated carbocycles. The maximum atomic E-state index is 4.29. The van der Waals surface area contributed by atoms with Crippen LogP contribution >= 0.6 is 0 Å². The van der Waals surface area contributed by atoms with Crippen molar-refractivity contribution in [1.29, 1.82) is 0 Å². The van der Waals surface area contributed by atoms with Gasteiger partial charge in [0.05, 0.1) is 5.69 Å². The van der Waals surface area contributed by atoms with Gasteiger partial charge in [-0.15, -0.1) is 5.10 Å². The zero-order valence-corrected chi connectivity index (χ0v) is 12.1. The van der Waals surface area contributed by atoms with E-state index in [-0.39, 0.29) is 0 Å². The Balaban J connectivity index is 1.56. The van der Waals surface area contributed by atoms with Crippen molar-refractivity contribution in [2.24, 2.45) is 5.41 Å². The van der Waals surface area contributed by atoms with Crippen LogP contribution in [0.2, 0.25) is 0 Å². The van der Waals surface area contributed by atoms with Gasteiger partial charge in [0.15, 0.2) is 0 Å². The lowest BCUT2D eigenvalue weighted by atomic mass is 10.1. The first-order valence-corrected chi connectivity index (χ1v) is 7.22. The van der Waals surface area contributed by atoms with Crippen LogP contribution in [-0.4, -0.2) is 26.5 Å². The molecule has 106 valence electrons. The van der Waals surface area contributed by atoms with Crippen LogP contribution in [0.5, 0.6) is 0 Å². The van der Waals surface area contributed by atoms with Gasteiger partial charge in [-0.25, -0.2) is 0 Å². The molecular formula is C15H21N5. The third-order valence-electron chi connectivity index (χ3n) is 3.93. The normalized spacial score (nSPS) is 16.4. The van der Waals surface area contributed by atoms with E-state index in [1.165, 1.54) is 12.8 Å². The number of hydrogen-bond acceptors (Lipinski definition) is 4. The second kappa shape index (κ2) is 5.23. The van der Waals surface area contributed by atoms with Crippen molar-refractivity contribution in [2.45, 2.75) is 39.2 Å². The van der Waals surface area contributed by atoms with Gasteiger partial charge in [0.2, 0.25) is 0 Å². The summed E-state index contributed by atoms with van der Waals surface area (Å²) in [5.41, 5.74) is 1.37. The maximum absolute atomic E-state index is 4.29. The fourth-order valence-corrected chi connectivity index (χ4v) is 2.33. The van der Waals surface area contributed by atoms with Gasteiger partial charge >= 0.3 is 0 Å². The summed E-state index contributed by atoms with van der Waals surface area (Å²) in [6, 6.07) is 6.04. The Morgan fingerprint density at radius 2 is 2.15 bits per heavy atom. The zero-order chi connectivity index (χ0) is 14.0. The summed E-state index contributed by atoms with van der Waals surface area (Å²) in [6.07, 6.45) is 6.35. The summed E-state index contributed by atoms with van der Waals surface area (Å²) in [7, 11) is 0. The van der Waals surface area contributed by atoms with E-state index in [2.05, 4.69) is 34.5 Å². The number of aromatic nitrogens is 4. The zero-order valence-electron chi connectivity index (χ0n) is 12.1. The summed E-state index contributed by atoms with van der Waals surface area (Å²) in [6.45, 7) is 6.16. The van der Waals surface area contributed by atoms with Crippen molar-refractivity contribution < 1.29 is 0 Å². The van der Waals surface area contributed by atoms with E-state index in [0.717, 1.165) is 24.6 Å². The third-order valence-corrected chi connectivity index (χ3v) is 3.93. The van der Waals surface area contributed by atoms with Crippen LogP contribution in [0.25, 0.3) is 0 Å². The minimum absolute atomic E-state index is 0.338. The smallest absolute Gasteiger partial charge is 0.148 e. The molecular weight excluding hydrogens is 250 g/mol. The molecule has 20 heavy (non-hydrogen) atoms. The molecule has 5 heteroatoms. The van der Waals surface area contributed by atoms with Crippen LogP contribution < -0.4 is 5.32 Å². The highest BCUT2D eigenvalue weighted by Crippen LogP contribution is 2.46. The average molecular weight is 271 g/mol. The fraction of sp³-hybridized carbons (Fsp3) is 0.533. The van der Waals surface area contributed by atoms with Crippen LogP contribution in [0.3, 0.4) is 0 Å². The van der Waals surface area contributed by atoms with Gasteiger partial charge < -0.3 is 5.32 Å². The summed E-state index contributed by atoms with van der Waals surface area (Å²) >= 11 is 0. The molecule has 3 rings (SSSR count). The van der Waals surface area contributed by atoms with E-state index < -0.39 is 0 Å². The molecule has 0 radical (unpaired) electrons. The molecule has 0 saturated heterocycles. The molecule has 2 heterocycles. The van der Waals surface area contributed by atoms with Gasteiger partial charge in [-0.2, -0.15) is 10.2 Å². The molecule has 2 aromatic heterocycles. The molecule has 5 nitrogen and oxygen atoms in total. The summed E-state index contributed by atoms with van der Waals surface area (Å²) in [5, 5.41) is 16.2. The quantitative estimate of drug-likeness (QED) is 0.877. The summed E-state index contributed by atoms with van der Waals surface area (Å²) in [4.78, 5) is 0. The van der Waals surface area contributed by atoms with Crippen molar-refractivity contribution >= 4 is 5.82 Å². The van der Waals surface area contributed by atoms with E-state index >= 15 is 0 Å². The van der Waals surface area contributed by atoms with Crippen LogP contribution in [0.4, 0.5) is 5.82 Å². The first kappa shape index (κ1) is 13.1. The molecule has 0 bridgehead atoms. The topological polar surface area (TPSA) is 55.6 Å². The van der Waals surface area contributed by atoms with Crippen molar-refractivity contribution in [2.75, 3.05) is 11.9 Å². The summed E-state index contributed by atoms with van der Waals surface area (Å²) < 4.78 is 2.02. The van der Waals surface area contributed by atoms with Crippen LogP contribution in [0, 0.1) is 5.41 Å². The first-order valence-electron chi connectivity index (χ1n) is 7.22. The minimum Gasteiger partial charge on any atom is -0.368 e. The molecule has 2 aromatic rings. The van der Waals surface area contributed by atoms with Gasteiger partial charge in [0.25, 0.3) is 0 Å². The van der Waals surface area contributed by atoms with Gasteiger partial charge in [-0.05, 0) is 37.0 Å². The number of nitrogens with zero attached hydrogens (tertiary/aromatic N) is 4. The standard InChI is InChI=1S/C15H21N5/c1-12(2)13-4-5-14(19-18-13)16-10-15(6-7-15)11-20-9-3-8-17-20/h3-5,8-9,12H,6-7,10-11H2,1-2H3,(H,16,19). The first-order chi connectivity index (χ1) is 9.67. The highest BCUT2D eigenvalue weighted by molar-refractivity contribution is 5.34.